The molecule has 0 heterocycles. The Labute approximate surface area is 74.5 Å². The second-order valence-corrected chi connectivity index (χ2v) is 2.58. The molecule has 1 aromatic rings. The fourth-order valence-corrected chi connectivity index (χ4v) is 1.02. The minimum Gasteiger partial charge on any atom is -0.508 e. The number of hydrogen-bond donors (Lipinski definition) is 1. The summed E-state index contributed by atoms with van der Waals surface area (Å²) in [5.41, 5.74) is 0.627. The van der Waals surface area contributed by atoms with E-state index in [-0.39, 0.29) is 12.3 Å². The van der Waals surface area contributed by atoms with E-state index in [0.29, 0.717) is 11.1 Å². The molecule has 0 unspecified atom stereocenters. The predicted octanol–water partition coefficient (Wildman–Crippen LogP) is 1.68. The maximum atomic E-state index is 12.9. The summed E-state index contributed by atoms with van der Waals surface area (Å²) in [7, 11) is 0. The van der Waals surface area contributed by atoms with Crippen LogP contribution in [0.3, 0.4) is 0 Å². The fraction of sp³-hybridized carbons (Fsp3) is 0.222. The first-order chi connectivity index (χ1) is 6.16. The van der Waals surface area contributed by atoms with E-state index >= 15 is 0 Å². The van der Waals surface area contributed by atoms with Crippen molar-refractivity contribution in [2.45, 2.75) is 13.5 Å². The molecule has 1 aromatic carbocycles. The minimum absolute atomic E-state index is 0.0427. The van der Waals surface area contributed by atoms with Crippen molar-refractivity contribution in [3.05, 3.63) is 29.1 Å². The predicted molar refractivity (Wildman–Crippen MR) is 44.6 cm³/mol. The Bertz CT molecular complexity index is 370. The Morgan fingerprint density at radius 2 is 2.31 bits per heavy atom. The van der Waals surface area contributed by atoms with E-state index in [2.05, 4.69) is 4.99 Å². The standard InChI is InChI=1S/C9H8FNO2/c1-6-7(4-11-5-12)9(13)3-2-8(6)10/h2-3,13H,4H2,1H3. The third-order valence-electron chi connectivity index (χ3n) is 1.81. The second kappa shape index (κ2) is 3.83. The van der Waals surface area contributed by atoms with Gasteiger partial charge in [-0.05, 0) is 24.6 Å². The molecule has 1 N–H and O–H groups in total. The summed E-state index contributed by atoms with van der Waals surface area (Å²) >= 11 is 0. The Kier molecular flexibility index (Phi) is 2.77. The van der Waals surface area contributed by atoms with E-state index in [4.69, 9.17) is 0 Å². The molecule has 13 heavy (non-hydrogen) atoms. The number of aliphatic imine (C=N–C) groups is 1. The second-order valence-electron chi connectivity index (χ2n) is 2.58. The van der Waals surface area contributed by atoms with Crippen molar-refractivity contribution in [3.63, 3.8) is 0 Å². The van der Waals surface area contributed by atoms with Crippen LogP contribution in [0.1, 0.15) is 11.1 Å². The molecule has 4 heteroatoms. The lowest BCUT2D eigenvalue weighted by Gasteiger charge is -2.05. The number of phenols is 1. The topological polar surface area (TPSA) is 49.7 Å². The number of hydrogen-bond acceptors (Lipinski definition) is 3. The lowest BCUT2D eigenvalue weighted by Crippen LogP contribution is -1.92. The van der Waals surface area contributed by atoms with Crippen LogP contribution in [0.25, 0.3) is 0 Å². The van der Waals surface area contributed by atoms with Crippen molar-refractivity contribution in [1.82, 2.24) is 0 Å². The van der Waals surface area contributed by atoms with Crippen LogP contribution >= 0.6 is 0 Å². The Morgan fingerprint density at radius 3 is 2.92 bits per heavy atom. The summed E-state index contributed by atoms with van der Waals surface area (Å²) in [6.07, 6.45) is 1.33. The van der Waals surface area contributed by atoms with Gasteiger partial charge in [-0.15, -0.1) is 0 Å². The molecule has 3 nitrogen and oxygen atoms in total. The van der Waals surface area contributed by atoms with E-state index in [1.165, 1.54) is 25.1 Å². The number of benzene rings is 1. The summed E-state index contributed by atoms with van der Waals surface area (Å²) in [5.74, 6) is -0.480. The van der Waals surface area contributed by atoms with Crippen LogP contribution in [-0.2, 0) is 11.3 Å². The van der Waals surface area contributed by atoms with E-state index in [1.807, 2.05) is 0 Å². The van der Waals surface area contributed by atoms with Crippen LogP contribution in [-0.4, -0.2) is 11.2 Å². The molecule has 0 amide bonds. The van der Waals surface area contributed by atoms with Crippen LogP contribution in [0.15, 0.2) is 17.1 Å². The van der Waals surface area contributed by atoms with Crippen LogP contribution in [0.5, 0.6) is 5.75 Å². The summed E-state index contributed by atoms with van der Waals surface area (Å²) < 4.78 is 12.9. The number of isocyanates is 1. The van der Waals surface area contributed by atoms with Gasteiger partial charge in [-0.2, -0.15) is 0 Å². The van der Waals surface area contributed by atoms with Crippen LogP contribution in [0.2, 0.25) is 0 Å². The van der Waals surface area contributed by atoms with Crippen molar-refractivity contribution >= 4 is 6.08 Å². The molecule has 0 aliphatic rings. The molecule has 0 atom stereocenters. The molecule has 0 saturated heterocycles. The lowest BCUT2D eigenvalue weighted by molar-refractivity contribution is 0.464. The third-order valence-corrected chi connectivity index (χ3v) is 1.81. The summed E-state index contributed by atoms with van der Waals surface area (Å²) in [6.45, 7) is 1.48. The SMILES string of the molecule is Cc1c(F)ccc(O)c1CN=C=O. The molecule has 0 saturated carbocycles. The normalized spacial score (nSPS) is 9.38. The maximum Gasteiger partial charge on any atom is 0.235 e. The number of halogens is 1. The average molecular weight is 181 g/mol. The largest absolute Gasteiger partial charge is 0.508 e. The Morgan fingerprint density at radius 1 is 1.62 bits per heavy atom. The highest BCUT2D eigenvalue weighted by atomic mass is 19.1. The van der Waals surface area contributed by atoms with Gasteiger partial charge in [0.2, 0.25) is 6.08 Å². The molecule has 0 fully saturated rings. The number of carbonyl (C=O) groups excluding carboxylic acids is 1. The Hall–Kier alpha value is -1.67. The van der Waals surface area contributed by atoms with Gasteiger partial charge in [0.25, 0.3) is 0 Å². The van der Waals surface area contributed by atoms with Gasteiger partial charge in [0, 0.05) is 5.56 Å². The average Bonchev–Trinajstić information content (AvgIpc) is 2.12. The molecule has 0 aliphatic carbocycles. The zero-order chi connectivity index (χ0) is 9.84. The van der Waals surface area contributed by atoms with E-state index in [9.17, 15) is 14.3 Å². The zero-order valence-electron chi connectivity index (χ0n) is 7.04. The molecule has 68 valence electrons. The molecule has 0 aliphatic heterocycles. The van der Waals surface area contributed by atoms with E-state index < -0.39 is 5.82 Å². The number of nitrogens with zero attached hydrogens (tertiary/aromatic N) is 1. The zero-order valence-corrected chi connectivity index (χ0v) is 7.04. The summed E-state index contributed by atoms with van der Waals surface area (Å²) in [6, 6.07) is 2.40. The molecule has 0 aromatic heterocycles. The van der Waals surface area contributed by atoms with Crippen molar-refractivity contribution in [3.8, 4) is 5.75 Å². The van der Waals surface area contributed by atoms with E-state index in [1.54, 1.807) is 0 Å². The molecule has 0 bridgehead atoms. The third kappa shape index (κ3) is 1.92. The molecular weight excluding hydrogens is 173 g/mol. The first-order valence-electron chi connectivity index (χ1n) is 3.67. The van der Waals surface area contributed by atoms with Crippen molar-refractivity contribution in [2.75, 3.05) is 0 Å². The molecule has 0 spiro atoms. The highest BCUT2D eigenvalue weighted by Gasteiger charge is 2.08. The number of aromatic hydroxyl groups is 1. The highest BCUT2D eigenvalue weighted by molar-refractivity contribution is 5.41. The quantitative estimate of drug-likeness (QED) is 0.557. The summed E-state index contributed by atoms with van der Waals surface area (Å²) in [4.78, 5) is 13.1. The number of phenolic OH excluding ortho intramolecular Hbond substituents is 1. The smallest absolute Gasteiger partial charge is 0.235 e. The number of rotatable bonds is 2. The first-order valence-corrected chi connectivity index (χ1v) is 3.67. The maximum absolute atomic E-state index is 12.9. The molecular formula is C9H8FNO2. The van der Waals surface area contributed by atoms with E-state index in [0.717, 1.165) is 0 Å². The van der Waals surface area contributed by atoms with Crippen LogP contribution in [0.4, 0.5) is 4.39 Å². The van der Waals surface area contributed by atoms with Crippen molar-refractivity contribution < 1.29 is 14.3 Å². The minimum atomic E-state index is -0.422. The molecule has 1 rings (SSSR count). The highest BCUT2D eigenvalue weighted by Crippen LogP contribution is 2.23. The van der Waals surface area contributed by atoms with Gasteiger partial charge in [-0.25, -0.2) is 14.2 Å². The fourth-order valence-electron chi connectivity index (χ4n) is 1.02. The monoisotopic (exact) mass is 181 g/mol. The van der Waals surface area contributed by atoms with Gasteiger partial charge in [0.15, 0.2) is 0 Å². The molecule has 0 radical (unpaired) electrons. The Balaban J connectivity index is 3.16. The first kappa shape index (κ1) is 9.42. The van der Waals surface area contributed by atoms with Crippen LogP contribution < -0.4 is 0 Å². The summed E-state index contributed by atoms with van der Waals surface area (Å²) in [5, 5.41) is 9.29. The van der Waals surface area contributed by atoms with Gasteiger partial charge < -0.3 is 5.11 Å². The van der Waals surface area contributed by atoms with Gasteiger partial charge >= 0.3 is 0 Å². The van der Waals surface area contributed by atoms with Crippen molar-refractivity contribution in [1.29, 1.82) is 0 Å². The lowest BCUT2D eigenvalue weighted by atomic mass is 10.1. The van der Waals surface area contributed by atoms with Gasteiger partial charge in [0.05, 0.1) is 6.54 Å². The van der Waals surface area contributed by atoms with Gasteiger partial charge in [-0.1, -0.05) is 0 Å². The van der Waals surface area contributed by atoms with Gasteiger partial charge in [-0.3, -0.25) is 0 Å². The van der Waals surface area contributed by atoms with Crippen LogP contribution in [0, 0.1) is 12.7 Å². The van der Waals surface area contributed by atoms with Crippen molar-refractivity contribution in [2.24, 2.45) is 4.99 Å². The van der Waals surface area contributed by atoms with Gasteiger partial charge in [0.1, 0.15) is 11.6 Å².